The Morgan fingerprint density at radius 2 is 2.29 bits per heavy atom. The summed E-state index contributed by atoms with van der Waals surface area (Å²) in [4.78, 5) is 16.0. The van der Waals surface area contributed by atoms with Gasteiger partial charge in [-0.1, -0.05) is 22.0 Å². The summed E-state index contributed by atoms with van der Waals surface area (Å²) in [5.74, 6) is -0.00333. The van der Waals surface area contributed by atoms with Crippen LogP contribution in [0.25, 0.3) is 11.1 Å². The molecule has 2 rings (SSSR count). The number of aromatic nitrogens is 1. The highest BCUT2D eigenvalue weighted by molar-refractivity contribution is 9.10. The Labute approximate surface area is 96.8 Å². The highest BCUT2D eigenvalue weighted by atomic mass is 79.9. The number of para-hydroxylation sites is 1. The standard InChI is InChI=1S/C9H5Br2NO2/c10-4-6(13)5-2-1-3-7-8(5)12-9(11)14-7/h1-3H,4H2. The zero-order valence-corrected chi connectivity index (χ0v) is 10.1. The second-order valence-corrected chi connectivity index (χ2v) is 3.92. The van der Waals surface area contributed by atoms with Gasteiger partial charge in [0.05, 0.1) is 5.33 Å². The van der Waals surface area contributed by atoms with Crippen molar-refractivity contribution >= 4 is 48.7 Å². The molecule has 5 heteroatoms. The highest BCUT2D eigenvalue weighted by Gasteiger charge is 2.12. The molecule has 0 saturated heterocycles. The van der Waals surface area contributed by atoms with Crippen molar-refractivity contribution in [2.24, 2.45) is 0 Å². The van der Waals surface area contributed by atoms with Gasteiger partial charge in [0.25, 0.3) is 4.80 Å². The minimum atomic E-state index is -0.00333. The molecule has 14 heavy (non-hydrogen) atoms. The molecule has 1 heterocycles. The van der Waals surface area contributed by atoms with Gasteiger partial charge < -0.3 is 4.42 Å². The van der Waals surface area contributed by atoms with Crippen molar-refractivity contribution in [1.29, 1.82) is 0 Å². The van der Waals surface area contributed by atoms with Crippen LogP contribution in [0.2, 0.25) is 0 Å². The zero-order valence-electron chi connectivity index (χ0n) is 6.96. The van der Waals surface area contributed by atoms with Crippen LogP contribution in [0.15, 0.2) is 27.4 Å². The first-order chi connectivity index (χ1) is 6.72. The van der Waals surface area contributed by atoms with Crippen LogP contribution in [0, 0.1) is 0 Å². The molecule has 1 aromatic heterocycles. The molecule has 0 atom stereocenters. The topological polar surface area (TPSA) is 43.1 Å². The number of fused-ring (bicyclic) bond motifs is 1. The van der Waals surface area contributed by atoms with Gasteiger partial charge in [0, 0.05) is 21.5 Å². The van der Waals surface area contributed by atoms with Crippen LogP contribution in [0.1, 0.15) is 10.4 Å². The fraction of sp³-hybridized carbons (Fsp3) is 0.111. The van der Waals surface area contributed by atoms with Crippen LogP contribution in [0.3, 0.4) is 0 Å². The number of alkyl halides is 1. The van der Waals surface area contributed by atoms with Crippen LogP contribution in [-0.2, 0) is 0 Å². The summed E-state index contributed by atoms with van der Waals surface area (Å²) in [6, 6.07) is 5.29. The van der Waals surface area contributed by atoms with E-state index in [0.717, 1.165) is 0 Å². The lowest BCUT2D eigenvalue weighted by Crippen LogP contribution is -2.00. The molecule has 0 fully saturated rings. The lowest BCUT2D eigenvalue weighted by atomic mass is 10.1. The summed E-state index contributed by atoms with van der Waals surface area (Å²) >= 11 is 6.25. The fourth-order valence-electron chi connectivity index (χ4n) is 1.22. The third-order valence-corrected chi connectivity index (χ3v) is 2.66. The molecular formula is C9H5Br2NO2. The smallest absolute Gasteiger partial charge is 0.265 e. The number of carbonyl (C=O) groups excluding carboxylic acids is 1. The van der Waals surface area contributed by atoms with Gasteiger partial charge in [0.15, 0.2) is 11.4 Å². The van der Waals surface area contributed by atoms with Gasteiger partial charge in [0.2, 0.25) is 0 Å². The Hall–Kier alpha value is -0.680. The van der Waals surface area contributed by atoms with E-state index < -0.39 is 0 Å². The van der Waals surface area contributed by atoms with Crippen molar-refractivity contribution in [2.75, 3.05) is 5.33 Å². The zero-order chi connectivity index (χ0) is 10.1. The molecular weight excluding hydrogens is 314 g/mol. The third-order valence-electron chi connectivity index (χ3n) is 1.81. The number of hydrogen-bond donors (Lipinski definition) is 0. The number of rotatable bonds is 2. The number of halogens is 2. The molecule has 0 spiro atoms. The van der Waals surface area contributed by atoms with E-state index in [0.29, 0.717) is 21.5 Å². The second-order valence-electron chi connectivity index (χ2n) is 2.68. The summed E-state index contributed by atoms with van der Waals surface area (Å²) in [6.07, 6.45) is 0. The number of benzene rings is 1. The number of oxazole rings is 1. The fourth-order valence-corrected chi connectivity index (χ4v) is 1.87. The molecule has 1 aromatic carbocycles. The van der Waals surface area contributed by atoms with Crippen molar-refractivity contribution in [2.45, 2.75) is 0 Å². The normalized spacial score (nSPS) is 10.7. The molecule has 0 amide bonds. The number of carbonyl (C=O) groups is 1. The first-order valence-corrected chi connectivity index (χ1v) is 5.78. The molecule has 0 saturated carbocycles. The molecule has 0 unspecified atom stereocenters. The van der Waals surface area contributed by atoms with Crippen molar-refractivity contribution in [1.82, 2.24) is 4.98 Å². The van der Waals surface area contributed by atoms with Gasteiger partial charge in [0.1, 0.15) is 5.52 Å². The quantitative estimate of drug-likeness (QED) is 0.631. The van der Waals surface area contributed by atoms with Gasteiger partial charge in [-0.3, -0.25) is 4.79 Å². The van der Waals surface area contributed by atoms with Gasteiger partial charge in [-0.2, -0.15) is 0 Å². The summed E-state index contributed by atoms with van der Waals surface area (Å²) in [5, 5.41) is 0.288. The largest absolute Gasteiger partial charge is 0.431 e. The average Bonchev–Trinajstić information content (AvgIpc) is 2.56. The molecule has 0 bridgehead atoms. The Morgan fingerprint density at radius 1 is 1.50 bits per heavy atom. The lowest BCUT2D eigenvalue weighted by molar-refractivity contribution is 0.102. The minimum Gasteiger partial charge on any atom is -0.431 e. The Kier molecular flexibility index (Phi) is 2.69. The first-order valence-electron chi connectivity index (χ1n) is 3.86. The van der Waals surface area contributed by atoms with Crippen LogP contribution in [0.4, 0.5) is 0 Å². The number of nitrogens with zero attached hydrogens (tertiary/aromatic N) is 1. The second kappa shape index (κ2) is 3.82. The predicted molar refractivity (Wildman–Crippen MR) is 59.8 cm³/mol. The van der Waals surface area contributed by atoms with E-state index in [2.05, 4.69) is 36.8 Å². The molecule has 2 aromatic rings. The molecule has 72 valence electrons. The van der Waals surface area contributed by atoms with E-state index in [4.69, 9.17) is 4.42 Å². The van der Waals surface area contributed by atoms with Crippen molar-refractivity contribution in [3.8, 4) is 0 Å². The maximum atomic E-state index is 11.5. The Balaban J connectivity index is 2.70. The molecule has 0 aliphatic carbocycles. The van der Waals surface area contributed by atoms with Crippen molar-refractivity contribution < 1.29 is 9.21 Å². The molecule has 0 aliphatic rings. The maximum absolute atomic E-state index is 11.5. The van der Waals surface area contributed by atoms with Gasteiger partial charge in [-0.25, -0.2) is 4.98 Å². The highest BCUT2D eigenvalue weighted by Crippen LogP contribution is 2.22. The number of ketones is 1. The van der Waals surface area contributed by atoms with Gasteiger partial charge >= 0.3 is 0 Å². The summed E-state index contributed by atoms with van der Waals surface area (Å²) in [7, 11) is 0. The Bertz CT molecular complexity index is 493. The van der Waals surface area contributed by atoms with E-state index in [1.807, 2.05) is 0 Å². The predicted octanol–water partition coefficient (Wildman–Crippen LogP) is 3.17. The monoisotopic (exact) mass is 317 g/mol. The molecule has 0 aliphatic heterocycles. The Morgan fingerprint density at radius 3 is 3.00 bits per heavy atom. The maximum Gasteiger partial charge on any atom is 0.265 e. The van der Waals surface area contributed by atoms with E-state index in [-0.39, 0.29) is 11.1 Å². The number of Topliss-reactive ketones (excluding diaryl/α,β-unsaturated/α-hetero) is 1. The van der Waals surface area contributed by atoms with E-state index in [1.165, 1.54) is 0 Å². The van der Waals surface area contributed by atoms with E-state index in [1.54, 1.807) is 18.2 Å². The summed E-state index contributed by atoms with van der Waals surface area (Å²) < 4.78 is 5.24. The van der Waals surface area contributed by atoms with Crippen molar-refractivity contribution in [3.05, 3.63) is 28.6 Å². The van der Waals surface area contributed by atoms with Crippen LogP contribution in [0.5, 0.6) is 0 Å². The average molecular weight is 319 g/mol. The van der Waals surface area contributed by atoms with Gasteiger partial charge in [-0.15, -0.1) is 0 Å². The third kappa shape index (κ3) is 1.62. The minimum absolute atomic E-state index is 0.00333. The van der Waals surface area contributed by atoms with Crippen LogP contribution < -0.4 is 0 Å². The first kappa shape index (κ1) is 9.86. The van der Waals surface area contributed by atoms with Crippen LogP contribution >= 0.6 is 31.9 Å². The van der Waals surface area contributed by atoms with E-state index in [9.17, 15) is 4.79 Å². The lowest BCUT2D eigenvalue weighted by Gasteiger charge is -1.95. The summed E-state index contributed by atoms with van der Waals surface area (Å²) in [5.41, 5.74) is 1.79. The van der Waals surface area contributed by atoms with Crippen molar-refractivity contribution in [3.63, 3.8) is 0 Å². The molecule has 0 radical (unpaired) electrons. The van der Waals surface area contributed by atoms with Gasteiger partial charge in [-0.05, 0) is 12.1 Å². The molecule has 3 nitrogen and oxygen atoms in total. The summed E-state index contributed by atoms with van der Waals surface area (Å²) in [6.45, 7) is 0. The number of hydrogen-bond acceptors (Lipinski definition) is 3. The SMILES string of the molecule is O=C(CBr)c1cccc2oc(Br)nc12. The molecule has 0 N–H and O–H groups in total. The van der Waals surface area contributed by atoms with Crippen LogP contribution in [-0.4, -0.2) is 16.1 Å². The van der Waals surface area contributed by atoms with E-state index >= 15 is 0 Å².